The number of aliphatic hydroxyl groups is 1. The molecule has 0 radical (unpaired) electrons. The molecule has 0 bridgehead atoms. The Kier molecular flexibility index (Phi) is 12.2. The Hall–Kier alpha value is -2.45. The molecule has 0 aliphatic heterocycles. The first-order valence-corrected chi connectivity index (χ1v) is 13.1. The summed E-state index contributed by atoms with van der Waals surface area (Å²) in [6, 6.07) is 6.88. The number of nitrogens with one attached hydrogen (secondary N) is 3. The van der Waals surface area contributed by atoms with Crippen LogP contribution in [0.3, 0.4) is 0 Å². The highest BCUT2D eigenvalue weighted by Gasteiger charge is 2.30. The van der Waals surface area contributed by atoms with E-state index < -0.39 is 46.1 Å². The van der Waals surface area contributed by atoms with Crippen molar-refractivity contribution in [3.8, 4) is 12.3 Å². The lowest BCUT2D eigenvalue weighted by Crippen LogP contribution is -2.56. The lowest BCUT2D eigenvalue weighted by atomic mass is 10.00. The van der Waals surface area contributed by atoms with Gasteiger partial charge in [-0.1, -0.05) is 44.2 Å². The van der Waals surface area contributed by atoms with Crippen molar-refractivity contribution < 1.29 is 23.1 Å². The van der Waals surface area contributed by atoms with Crippen molar-refractivity contribution in [3.05, 3.63) is 35.9 Å². The minimum atomic E-state index is -3.57. The number of carbonyl (C=O) groups excluding carboxylic acids is 2. The van der Waals surface area contributed by atoms with Crippen LogP contribution >= 0.6 is 0 Å². The number of benzene rings is 1. The molecule has 0 unspecified atom stereocenters. The molecule has 0 heterocycles. The lowest BCUT2D eigenvalue weighted by molar-refractivity contribution is -0.130. The van der Waals surface area contributed by atoms with Gasteiger partial charge in [0.15, 0.2) is 0 Å². The second-order valence-corrected chi connectivity index (χ2v) is 10.8. The molecular formula is C24H38N4O5S. The molecule has 1 rings (SSSR count). The Balaban J connectivity index is 3.13. The van der Waals surface area contributed by atoms with Gasteiger partial charge in [0.2, 0.25) is 21.8 Å². The monoisotopic (exact) mass is 494 g/mol. The number of aliphatic hydroxyl groups excluding tert-OH is 1. The van der Waals surface area contributed by atoms with Crippen molar-refractivity contribution in [2.75, 3.05) is 26.4 Å². The molecule has 34 heavy (non-hydrogen) atoms. The summed E-state index contributed by atoms with van der Waals surface area (Å²) in [5.74, 6) is 1.50. The fraction of sp³-hybridized carbons (Fsp3) is 0.583. The average molecular weight is 495 g/mol. The molecule has 0 fully saturated rings. The number of rotatable bonds is 14. The van der Waals surface area contributed by atoms with E-state index >= 15 is 0 Å². The van der Waals surface area contributed by atoms with Crippen molar-refractivity contribution >= 4 is 21.8 Å². The van der Waals surface area contributed by atoms with Crippen molar-refractivity contribution in [1.82, 2.24) is 20.3 Å². The summed E-state index contributed by atoms with van der Waals surface area (Å²) >= 11 is 0. The van der Waals surface area contributed by atoms with Crippen molar-refractivity contribution in [2.24, 2.45) is 5.92 Å². The number of hydrogen-bond acceptors (Lipinski definition) is 6. The first-order valence-electron chi connectivity index (χ1n) is 11.3. The Morgan fingerprint density at radius 3 is 2.21 bits per heavy atom. The smallest absolute Gasteiger partial charge is 0.243 e. The van der Waals surface area contributed by atoms with Crippen LogP contribution < -0.4 is 16.0 Å². The highest BCUT2D eigenvalue weighted by molar-refractivity contribution is 7.88. The van der Waals surface area contributed by atoms with E-state index in [1.165, 1.54) is 4.31 Å². The van der Waals surface area contributed by atoms with E-state index in [-0.39, 0.29) is 31.8 Å². The molecule has 0 saturated heterocycles. The third kappa shape index (κ3) is 10.2. The Morgan fingerprint density at radius 1 is 1.09 bits per heavy atom. The van der Waals surface area contributed by atoms with Crippen LogP contribution in [0.15, 0.2) is 30.3 Å². The molecule has 0 spiro atoms. The second kappa shape index (κ2) is 14.1. The number of amides is 2. The van der Waals surface area contributed by atoms with Gasteiger partial charge in [-0.05, 0) is 31.9 Å². The number of likely N-dealkylation sites (N-methyl/N-ethyl adjacent to an activating group) is 1. The van der Waals surface area contributed by atoms with E-state index in [0.717, 1.165) is 11.8 Å². The Bertz CT molecular complexity index is 930. The summed E-state index contributed by atoms with van der Waals surface area (Å²) in [5.41, 5.74) is 0.850. The van der Waals surface area contributed by atoms with Gasteiger partial charge in [-0.2, -0.15) is 4.31 Å². The van der Waals surface area contributed by atoms with Gasteiger partial charge in [0.1, 0.15) is 6.04 Å². The molecule has 190 valence electrons. The van der Waals surface area contributed by atoms with Gasteiger partial charge in [-0.15, -0.1) is 12.3 Å². The maximum atomic E-state index is 13.1. The summed E-state index contributed by atoms with van der Waals surface area (Å²) in [5, 5.41) is 19.2. The van der Waals surface area contributed by atoms with Crippen LogP contribution in [0.4, 0.5) is 0 Å². The summed E-state index contributed by atoms with van der Waals surface area (Å²) in [7, 11) is -1.95. The number of hydrogen-bond donors (Lipinski definition) is 4. The van der Waals surface area contributed by atoms with Crippen LogP contribution in [0.2, 0.25) is 0 Å². The number of terminal acetylenes is 1. The van der Waals surface area contributed by atoms with Gasteiger partial charge >= 0.3 is 0 Å². The van der Waals surface area contributed by atoms with Crippen molar-refractivity contribution in [3.63, 3.8) is 0 Å². The third-order valence-electron chi connectivity index (χ3n) is 5.30. The first kappa shape index (κ1) is 29.6. The lowest BCUT2D eigenvalue weighted by Gasteiger charge is -2.31. The van der Waals surface area contributed by atoms with Crippen LogP contribution in [0.1, 0.15) is 32.8 Å². The SMILES string of the molecule is C#CC[C@H](NC(=O)[C@@H](C)NC)C(=O)N[C@@H](Cc1ccccc1)[C@H](O)CN(CC(C)C)S(C)(=O)=O. The Labute approximate surface area is 203 Å². The predicted octanol–water partition coefficient (Wildman–Crippen LogP) is 0.108. The summed E-state index contributed by atoms with van der Waals surface area (Å²) in [6.07, 6.45) is 5.52. The highest BCUT2D eigenvalue weighted by Crippen LogP contribution is 2.12. The van der Waals surface area contributed by atoms with Crippen LogP contribution in [0.25, 0.3) is 0 Å². The summed E-state index contributed by atoms with van der Waals surface area (Å²) in [6.45, 7) is 5.47. The molecule has 0 aromatic heterocycles. The zero-order valence-electron chi connectivity index (χ0n) is 20.6. The minimum Gasteiger partial charge on any atom is -0.390 e. The van der Waals surface area contributed by atoms with E-state index in [9.17, 15) is 23.1 Å². The van der Waals surface area contributed by atoms with Gasteiger partial charge in [-0.3, -0.25) is 9.59 Å². The van der Waals surface area contributed by atoms with Crippen LogP contribution in [0.5, 0.6) is 0 Å². The molecule has 2 amide bonds. The summed E-state index contributed by atoms with van der Waals surface area (Å²) < 4.78 is 25.7. The van der Waals surface area contributed by atoms with E-state index in [4.69, 9.17) is 6.42 Å². The quantitative estimate of drug-likeness (QED) is 0.272. The first-order chi connectivity index (χ1) is 15.9. The second-order valence-electron chi connectivity index (χ2n) is 8.83. The van der Waals surface area contributed by atoms with Gasteiger partial charge in [-0.25, -0.2) is 8.42 Å². The molecule has 1 aromatic carbocycles. The van der Waals surface area contributed by atoms with Gasteiger partial charge < -0.3 is 21.1 Å². The van der Waals surface area contributed by atoms with Crippen LogP contribution in [-0.2, 0) is 26.0 Å². The molecule has 0 aliphatic carbocycles. The average Bonchev–Trinajstić information content (AvgIpc) is 2.76. The van der Waals surface area contributed by atoms with Gasteiger partial charge in [0.25, 0.3) is 0 Å². The van der Waals surface area contributed by atoms with Crippen LogP contribution in [-0.4, -0.2) is 80.3 Å². The molecular weight excluding hydrogens is 456 g/mol. The third-order valence-corrected chi connectivity index (χ3v) is 6.54. The molecule has 1 aromatic rings. The van der Waals surface area contributed by atoms with Crippen molar-refractivity contribution in [1.29, 1.82) is 0 Å². The molecule has 4 atom stereocenters. The largest absolute Gasteiger partial charge is 0.390 e. The standard InChI is InChI=1S/C24H38N4O5S/c1-7-11-20(26-23(30)18(4)25-5)24(31)27-21(14-19-12-9-8-10-13-19)22(29)16-28(15-17(2)3)34(6,32)33/h1,8-10,12-13,17-18,20-22,25,29H,11,14-16H2,2-6H3,(H,26,30)(H,27,31)/t18-,20+,21+,22-/m1/s1. The minimum absolute atomic E-state index is 0.0367. The molecule has 0 aliphatic rings. The van der Waals surface area contributed by atoms with E-state index in [1.807, 2.05) is 44.2 Å². The molecule has 9 nitrogen and oxygen atoms in total. The molecule has 4 N–H and O–H groups in total. The molecule has 0 saturated carbocycles. The number of nitrogens with zero attached hydrogens (tertiary/aromatic N) is 1. The maximum absolute atomic E-state index is 13.1. The summed E-state index contributed by atoms with van der Waals surface area (Å²) in [4.78, 5) is 25.3. The Morgan fingerprint density at radius 2 is 1.71 bits per heavy atom. The van der Waals surface area contributed by atoms with Gasteiger partial charge in [0.05, 0.1) is 24.4 Å². The number of carbonyl (C=O) groups is 2. The topological polar surface area (TPSA) is 128 Å². The predicted molar refractivity (Wildman–Crippen MR) is 133 cm³/mol. The van der Waals surface area contributed by atoms with Crippen LogP contribution in [0, 0.1) is 18.3 Å². The highest BCUT2D eigenvalue weighted by atomic mass is 32.2. The van der Waals surface area contributed by atoms with E-state index in [1.54, 1.807) is 14.0 Å². The number of sulfonamides is 1. The van der Waals surface area contributed by atoms with Crippen molar-refractivity contribution in [2.45, 2.75) is 57.8 Å². The normalized spacial score (nSPS) is 15.3. The van der Waals surface area contributed by atoms with E-state index in [0.29, 0.717) is 0 Å². The zero-order chi connectivity index (χ0) is 25.9. The maximum Gasteiger partial charge on any atom is 0.243 e. The van der Waals surface area contributed by atoms with Gasteiger partial charge in [0, 0.05) is 19.5 Å². The van der Waals surface area contributed by atoms with E-state index in [2.05, 4.69) is 21.9 Å². The zero-order valence-corrected chi connectivity index (χ0v) is 21.4. The molecule has 10 heteroatoms. The fourth-order valence-corrected chi connectivity index (χ4v) is 4.27. The fourth-order valence-electron chi connectivity index (χ4n) is 3.28.